The molecule has 0 aromatic heterocycles. The lowest BCUT2D eigenvalue weighted by molar-refractivity contribution is -0.137. The van der Waals surface area contributed by atoms with E-state index in [1.54, 1.807) is 0 Å². The fourth-order valence-electron chi connectivity index (χ4n) is 2.99. The molecule has 0 aliphatic carbocycles. The zero-order valence-electron chi connectivity index (χ0n) is 16.2. The molecule has 0 fully saturated rings. The minimum atomic E-state index is -4.46. The van der Waals surface area contributed by atoms with Crippen LogP contribution in [0.15, 0.2) is 72.8 Å². The van der Waals surface area contributed by atoms with Gasteiger partial charge in [0.1, 0.15) is 0 Å². The first-order valence-electron chi connectivity index (χ1n) is 9.25. The van der Waals surface area contributed by atoms with E-state index in [0.29, 0.717) is 18.2 Å². The first-order chi connectivity index (χ1) is 14.2. The Labute approximate surface area is 184 Å². The maximum atomic E-state index is 13.1. The number of halogens is 4. The highest BCUT2D eigenvalue weighted by atomic mass is 35.5. The molecule has 0 heterocycles. The van der Waals surface area contributed by atoms with Crippen LogP contribution in [0.25, 0.3) is 0 Å². The summed E-state index contributed by atoms with van der Waals surface area (Å²) in [5.74, 6) is 0. The SMILES string of the molecule is Cc1ccccc1CN(Cc1ccccc1)C(=S)Nc1cc(C(F)(F)F)ccc1Cl. The highest BCUT2D eigenvalue weighted by Crippen LogP contribution is 2.34. The monoisotopic (exact) mass is 448 g/mol. The van der Waals surface area contributed by atoms with Gasteiger partial charge in [-0.3, -0.25) is 0 Å². The fraction of sp³-hybridized carbons (Fsp3) is 0.174. The number of benzene rings is 3. The molecule has 3 aromatic carbocycles. The van der Waals surface area contributed by atoms with E-state index in [9.17, 15) is 13.2 Å². The highest BCUT2D eigenvalue weighted by molar-refractivity contribution is 7.80. The van der Waals surface area contributed by atoms with Crippen molar-refractivity contribution in [3.63, 3.8) is 0 Å². The van der Waals surface area contributed by atoms with Gasteiger partial charge in [-0.15, -0.1) is 0 Å². The summed E-state index contributed by atoms with van der Waals surface area (Å²) in [7, 11) is 0. The van der Waals surface area contributed by atoms with Gasteiger partial charge in [-0.05, 0) is 54.0 Å². The summed E-state index contributed by atoms with van der Waals surface area (Å²) >= 11 is 11.7. The minimum Gasteiger partial charge on any atom is -0.340 e. The van der Waals surface area contributed by atoms with Gasteiger partial charge < -0.3 is 10.2 Å². The number of aryl methyl sites for hydroxylation is 1. The molecule has 0 saturated carbocycles. The molecule has 30 heavy (non-hydrogen) atoms. The molecule has 0 saturated heterocycles. The van der Waals surface area contributed by atoms with Crippen molar-refractivity contribution in [3.05, 3.63) is 100 Å². The second-order valence-corrected chi connectivity index (χ2v) is 7.68. The van der Waals surface area contributed by atoms with Crippen molar-refractivity contribution in [2.24, 2.45) is 0 Å². The molecule has 0 aliphatic heterocycles. The van der Waals surface area contributed by atoms with Gasteiger partial charge >= 0.3 is 6.18 Å². The summed E-state index contributed by atoms with van der Waals surface area (Å²) in [5, 5.41) is 3.37. The quantitative estimate of drug-likeness (QED) is 0.420. The number of anilines is 1. The Balaban J connectivity index is 1.87. The Kier molecular flexibility index (Phi) is 7.00. The van der Waals surface area contributed by atoms with E-state index >= 15 is 0 Å². The molecule has 0 spiro atoms. The lowest BCUT2D eigenvalue weighted by atomic mass is 10.1. The number of nitrogens with one attached hydrogen (secondary N) is 1. The third kappa shape index (κ3) is 5.74. The maximum Gasteiger partial charge on any atom is 0.416 e. The molecule has 0 atom stereocenters. The minimum absolute atomic E-state index is 0.124. The van der Waals surface area contributed by atoms with E-state index in [1.165, 1.54) is 6.07 Å². The van der Waals surface area contributed by atoms with Gasteiger partial charge in [0.15, 0.2) is 5.11 Å². The molecule has 1 N–H and O–H groups in total. The Morgan fingerprint density at radius 1 is 0.967 bits per heavy atom. The average Bonchev–Trinajstić information content (AvgIpc) is 2.70. The van der Waals surface area contributed by atoms with Crippen LogP contribution in [0.3, 0.4) is 0 Å². The summed E-state index contributed by atoms with van der Waals surface area (Å²) in [5.41, 5.74) is 2.55. The fourth-order valence-corrected chi connectivity index (χ4v) is 3.39. The van der Waals surface area contributed by atoms with Gasteiger partial charge in [0.25, 0.3) is 0 Å². The molecular weight excluding hydrogens is 429 g/mol. The molecule has 0 radical (unpaired) electrons. The van der Waals surface area contributed by atoms with Crippen LogP contribution >= 0.6 is 23.8 Å². The van der Waals surface area contributed by atoms with Crippen LogP contribution in [0.5, 0.6) is 0 Å². The van der Waals surface area contributed by atoms with Crippen molar-refractivity contribution in [2.75, 3.05) is 5.32 Å². The van der Waals surface area contributed by atoms with Crippen molar-refractivity contribution in [2.45, 2.75) is 26.2 Å². The molecular formula is C23H20ClF3N2S. The second kappa shape index (κ2) is 9.49. The zero-order chi connectivity index (χ0) is 21.7. The van der Waals surface area contributed by atoms with E-state index < -0.39 is 11.7 Å². The smallest absolute Gasteiger partial charge is 0.340 e. The summed E-state index contributed by atoms with van der Waals surface area (Å²) < 4.78 is 39.3. The second-order valence-electron chi connectivity index (χ2n) is 6.89. The molecule has 2 nitrogen and oxygen atoms in total. The zero-order valence-corrected chi connectivity index (χ0v) is 17.8. The van der Waals surface area contributed by atoms with Gasteiger partial charge in [-0.25, -0.2) is 0 Å². The number of hydrogen-bond donors (Lipinski definition) is 1. The molecule has 0 amide bonds. The standard InChI is InChI=1S/C23H20ClF3N2S/c1-16-7-5-6-10-18(16)15-29(14-17-8-3-2-4-9-17)22(30)28-21-13-19(23(25,26)27)11-12-20(21)24/h2-13H,14-15H2,1H3,(H,28,30). The lowest BCUT2D eigenvalue weighted by Crippen LogP contribution is -2.34. The van der Waals surface area contributed by atoms with Crippen molar-refractivity contribution >= 4 is 34.6 Å². The van der Waals surface area contributed by atoms with Crippen molar-refractivity contribution < 1.29 is 13.2 Å². The van der Waals surface area contributed by atoms with E-state index in [-0.39, 0.29) is 10.7 Å². The van der Waals surface area contributed by atoms with Crippen molar-refractivity contribution in [3.8, 4) is 0 Å². The third-order valence-electron chi connectivity index (χ3n) is 4.66. The number of alkyl halides is 3. The Morgan fingerprint density at radius 3 is 2.30 bits per heavy atom. The van der Waals surface area contributed by atoms with E-state index in [0.717, 1.165) is 28.8 Å². The van der Waals surface area contributed by atoms with E-state index in [2.05, 4.69) is 5.32 Å². The Hall–Kier alpha value is -2.57. The molecule has 3 rings (SSSR count). The van der Waals surface area contributed by atoms with Crippen molar-refractivity contribution in [1.29, 1.82) is 0 Å². The number of rotatable bonds is 5. The van der Waals surface area contributed by atoms with Gasteiger partial charge in [0, 0.05) is 13.1 Å². The van der Waals surface area contributed by atoms with Crippen molar-refractivity contribution in [1.82, 2.24) is 4.90 Å². The van der Waals surface area contributed by atoms with Crippen LogP contribution in [0.2, 0.25) is 5.02 Å². The molecule has 3 aromatic rings. The Morgan fingerprint density at radius 2 is 1.63 bits per heavy atom. The van der Waals surface area contributed by atoms with Crippen LogP contribution in [0.1, 0.15) is 22.3 Å². The van der Waals surface area contributed by atoms with Crippen LogP contribution in [0.4, 0.5) is 18.9 Å². The highest BCUT2D eigenvalue weighted by Gasteiger charge is 2.31. The number of hydrogen-bond acceptors (Lipinski definition) is 1. The molecule has 7 heteroatoms. The topological polar surface area (TPSA) is 15.3 Å². The van der Waals surface area contributed by atoms with Gasteiger partial charge in [-0.1, -0.05) is 66.2 Å². The molecule has 0 aliphatic rings. The third-order valence-corrected chi connectivity index (χ3v) is 5.35. The van der Waals surface area contributed by atoms with Gasteiger partial charge in [-0.2, -0.15) is 13.2 Å². The summed E-state index contributed by atoms with van der Waals surface area (Å²) in [6.45, 7) is 3.01. The molecule has 156 valence electrons. The lowest BCUT2D eigenvalue weighted by Gasteiger charge is -2.27. The average molecular weight is 449 g/mol. The molecule has 0 bridgehead atoms. The van der Waals surface area contributed by atoms with Gasteiger partial charge in [0.2, 0.25) is 0 Å². The number of thiocarbonyl (C=S) groups is 1. The van der Waals surface area contributed by atoms with Crippen LogP contribution < -0.4 is 5.32 Å². The van der Waals surface area contributed by atoms with E-state index in [4.69, 9.17) is 23.8 Å². The summed E-state index contributed by atoms with van der Waals surface area (Å²) in [4.78, 5) is 1.91. The normalized spacial score (nSPS) is 11.2. The van der Waals surface area contributed by atoms with Crippen LogP contribution in [0, 0.1) is 6.92 Å². The predicted molar refractivity (Wildman–Crippen MR) is 120 cm³/mol. The Bertz CT molecular complexity index is 1020. The van der Waals surface area contributed by atoms with E-state index in [1.807, 2.05) is 66.4 Å². The first-order valence-corrected chi connectivity index (χ1v) is 10.0. The van der Waals surface area contributed by atoms with Crippen LogP contribution in [-0.4, -0.2) is 10.0 Å². The maximum absolute atomic E-state index is 13.1. The number of nitrogens with zero attached hydrogens (tertiary/aromatic N) is 1. The summed E-state index contributed by atoms with van der Waals surface area (Å²) in [6, 6.07) is 20.8. The van der Waals surface area contributed by atoms with Crippen LogP contribution in [-0.2, 0) is 19.3 Å². The largest absolute Gasteiger partial charge is 0.416 e. The van der Waals surface area contributed by atoms with Gasteiger partial charge in [0.05, 0.1) is 16.3 Å². The first kappa shape index (κ1) is 22.1. The summed E-state index contributed by atoms with van der Waals surface area (Å²) in [6.07, 6.45) is -4.46. The predicted octanol–water partition coefficient (Wildman–Crippen LogP) is 7.07. The molecule has 0 unspecified atom stereocenters.